The van der Waals surface area contributed by atoms with Crippen LogP contribution >= 0.6 is 0 Å². The van der Waals surface area contributed by atoms with Crippen LogP contribution in [0.2, 0.25) is 0 Å². The first-order valence-corrected chi connectivity index (χ1v) is 9.24. The summed E-state index contributed by atoms with van der Waals surface area (Å²) in [5.74, 6) is 1.07. The molecule has 0 bridgehead atoms. The van der Waals surface area contributed by atoms with E-state index in [0.29, 0.717) is 6.04 Å². The summed E-state index contributed by atoms with van der Waals surface area (Å²) in [6.45, 7) is 2.97. The number of nitrogens with one attached hydrogen (secondary N) is 1. The first-order chi connectivity index (χ1) is 9.14. The van der Waals surface area contributed by atoms with E-state index in [1.54, 1.807) is 0 Å². The van der Waals surface area contributed by atoms with Crippen LogP contribution < -0.4 is 5.32 Å². The quantitative estimate of drug-likeness (QED) is 0.826. The van der Waals surface area contributed by atoms with Crippen LogP contribution in [0.15, 0.2) is 11.5 Å². The van der Waals surface area contributed by atoms with Crippen molar-refractivity contribution in [3.63, 3.8) is 0 Å². The van der Waals surface area contributed by atoms with Crippen molar-refractivity contribution in [3.05, 3.63) is 11.5 Å². The van der Waals surface area contributed by atoms with Crippen LogP contribution in [0, 0.1) is 5.92 Å². The fourth-order valence-corrected chi connectivity index (χ4v) is 5.07. The Morgan fingerprint density at radius 2 is 1.95 bits per heavy atom. The van der Waals surface area contributed by atoms with Gasteiger partial charge >= 0.3 is 0 Å². The molecule has 0 spiro atoms. The molecule has 4 nitrogen and oxygen atoms in total. The summed E-state index contributed by atoms with van der Waals surface area (Å²) < 4.78 is 23.1. The lowest BCUT2D eigenvalue weighted by Gasteiger charge is -2.41. The van der Waals surface area contributed by atoms with E-state index in [-0.39, 0.29) is 11.8 Å². The highest BCUT2D eigenvalue weighted by molar-refractivity contribution is 7.94. The Balaban J connectivity index is 1.60. The molecule has 0 aromatic rings. The van der Waals surface area contributed by atoms with Gasteiger partial charge in [0.25, 0.3) is 0 Å². The van der Waals surface area contributed by atoms with Crippen LogP contribution in [0.3, 0.4) is 0 Å². The zero-order valence-corrected chi connectivity index (χ0v) is 12.2. The van der Waals surface area contributed by atoms with Crippen molar-refractivity contribution >= 4 is 9.84 Å². The van der Waals surface area contributed by atoms with E-state index in [1.165, 1.54) is 37.5 Å². The minimum absolute atomic E-state index is 0.109. The second-order valence-electron chi connectivity index (χ2n) is 6.18. The maximum atomic E-state index is 11.5. The Morgan fingerprint density at radius 3 is 2.63 bits per heavy atom. The summed E-state index contributed by atoms with van der Waals surface area (Å²) in [5.41, 5.74) is 0. The smallest absolute Gasteiger partial charge is 0.173 e. The Kier molecular flexibility index (Phi) is 3.96. The molecule has 2 heterocycles. The van der Waals surface area contributed by atoms with Gasteiger partial charge in [-0.15, -0.1) is 0 Å². The second kappa shape index (κ2) is 5.54. The average Bonchev–Trinajstić information content (AvgIpc) is 2.80. The maximum Gasteiger partial charge on any atom is 0.173 e. The van der Waals surface area contributed by atoms with Crippen LogP contribution in [-0.2, 0) is 9.84 Å². The summed E-state index contributed by atoms with van der Waals surface area (Å²) in [6, 6.07) is 0.670. The third-order valence-electron chi connectivity index (χ3n) is 4.84. The molecule has 2 unspecified atom stereocenters. The Bertz CT molecular complexity index is 440. The molecule has 3 rings (SSSR count). The highest BCUT2D eigenvalue weighted by Gasteiger charge is 2.33. The zero-order chi connectivity index (χ0) is 13.3. The summed E-state index contributed by atoms with van der Waals surface area (Å²) in [6.07, 6.45) is 8.66. The summed E-state index contributed by atoms with van der Waals surface area (Å²) >= 11 is 0. The summed E-state index contributed by atoms with van der Waals surface area (Å²) in [7, 11) is -2.93. The van der Waals surface area contributed by atoms with Crippen LogP contribution in [0.25, 0.3) is 0 Å². The summed E-state index contributed by atoms with van der Waals surface area (Å²) in [4.78, 5) is 2.36. The molecule has 1 aliphatic carbocycles. The van der Waals surface area contributed by atoms with Crippen LogP contribution in [0.1, 0.15) is 32.1 Å². The lowest BCUT2D eigenvalue weighted by Crippen LogP contribution is -2.56. The second-order valence-corrected chi connectivity index (χ2v) is 8.11. The largest absolute Gasteiger partial charge is 0.311 e. The van der Waals surface area contributed by atoms with Crippen molar-refractivity contribution in [1.82, 2.24) is 10.2 Å². The molecule has 5 heteroatoms. The van der Waals surface area contributed by atoms with E-state index in [9.17, 15) is 8.42 Å². The van der Waals surface area contributed by atoms with Gasteiger partial charge in [-0.3, -0.25) is 4.90 Å². The molecule has 0 aromatic heterocycles. The maximum absolute atomic E-state index is 11.5. The van der Waals surface area contributed by atoms with Gasteiger partial charge < -0.3 is 5.32 Å². The average molecular weight is 284 g/mol. The molecule has 0 amide bonds. The molecule has 1 N–H and O–H groups in total. The molecular weight excluding hydrogens is 260 g/mol. The highest BCUT2D eigenvalue weighted by Crippen LogP contribution is 2.28. The van der Waals surface area contributed by atoms with Crippen molar-refractivity contribution in [2.24, 2.45) is 5.92 Å². The molecule has 0 radical (unpaired) electrons. The number of rotatable bonds is 2. The van der Waals surface area contributed by atoms with E-state index < -0.39 is 9.84 Å². The van der Waals surface area contributed by atoms with Gasteiger partial charge in [0.1, 0.15) is 0 Å². The molecule has 1 saturated carbocycles. The van der Waals surface area contributed by atoms with Gasteiger partial charge in [0.2, 0.25) is 0 Å². The molecule has 3 aliphatic rings. The molecule has 2 aliphatic heterocycles. The van der Waals surface area contributed by atoms with Crippen LogP contribution in [0.5, 0.6) is 0 Å². The molecular formula is C14H24N2O2S. The monoisotopic (exact) mass is 284 g/mol. The van der Waals surface area contributed by atoms with Gasteiger partial charge in [-0.05, 0) is 18.8 Å². The SMILES string of the molecule is O=S1(=O)C=CC(N2CCNC(C3CCCCC3)C2)C1. The topological polar surface area (TPSA) is 49.4 Å². The molecule has 1 saturated heterocycles. The van der Waals surface area contributed by atoms with Crippen molar-refractivity contribution < 1.29 is 8.42 Å². The fraction of sp³-hybridized carbons (Fsp3) is 0.857. The first-order valence-electron chi connectivity index (χ1n) is 7.52. The predicted molar refractivity (Wildman–Crippen MR) is 76.7 cm³/mol. The lowest BCUT2D eigenvalue weighted by atomic mass is 9.83. The molecule has 0 aromatic carbocycles. The van der Waals surface area contributed by atoms with Crippen molar-refractivity contribution in [1.29, 1.82) is 0 Å². The Hall–Kier alpha value is -0.390. The predicted octanol–water partition coefficient (Wildman–Crippen LogP) is 1.15. The van der Waals surface area contributed by atoms with E-state index in [1.807, 2.05) is 6.08 Å². The number of hydrogen-bond acceptors (Lipinski definition) is 4. The number of hydrogen-bond donors (Lipinski definition) is 1. The fourth-order valence-electron chi connectivity index (χ4n) is 3.74. The zero-order valence-electron chi connectivity index (χ0n) is 11.4. The normalized spacial score (nSPS) is 36.6. The third kappa shape index (κ3) is 3.20. The highest BCUT2D eigenvalue weighted by atomic mass is 32.2. The number of sulfone groups is 1. The van der Waals surface area contributed by atoms with E-state index in [4.69, 9.17) is 0 Å². The molecule has 2 fully saturated rings. The molecule has 19 heavy (non-hydrogen) atoms. The van der Waals surface area contributed by atoms with Gasteiger partial charge in [-0.2, -0.15) is 0 Å². The van der Waals surface area contributed by atoms with Crippen LogP contribution in [-0.4, -0.2) is 50.8 Å². The standard InChI is InChI=1S/C14H24N2O2S/c17-19(18)9-6-13(11-19)16-8-7-15-14(10-16)12-4-2-1-3-5-12/h6,9,12-15H,1-5,7-8,10-11H2. The summed E-state index contributed by atoms with van der Waals surface area (Å²) in [5, 5.41) is 5.05. The van der Waals surface area contributed by atoms with Gasteiger partial charge in [-0.25, -0.2) is 8.42 Å². The minimum atomic E-state index is -2.93. The number of nitrogens with zero attached hydrogens (tertiary/aromatic N) is 1. The van der Waals surface area contributed by atoms with E-state index in [2.05, 4.69) is 10.2 Å². The van der Waals surface area contributed by atoms with Crippen molar-refractivity contribution in [2.75, 3.05) is 25.4 Å². The van der Waals surface area contributed by atoms with Crippen molar-refractivity contribution in [3.8, 4) is 0 Å². The van der Waals surface area contributed by atoms with E-state index >= 15 is 0 Å². The van der Waals surface area contributed by atoms with Gasteiger partial charge in [0, 0.05) is 37.1 Å². The van der Waals surface area contributed by atoms with E-state index in [0.717, 1.165) is 25.6 Å². The Morgan fingerprint density at radius 1 is 1.16 bits per heavy atom. The van der Waals surface area contributed by atoms with Gasteiger partial charge in [0.05, 0.1) is 5.75 Å². The van der Waals surface area contributed by atoms with Crippen LogP contribution in [0.4, 0.5) is 0 Å². The molecule has 108 valence electrons. The van der Waals surface area contributed by atoms with Crippen molar-refractivity contribution in [2.45, 2.75) is 44.2 Å². The Labute approximate surface area is 116 Å². The van der Waals surface area contributed by atoms with Gasteiger partial charge in [-0.1, -0.05) is 25.3 Å². The van der Waals surface area contributed by atoms with Gasteiger partial charge in [0.15, 0.2) is 9.84 Å². The minimum Gasteiger partial charge on any atom is -0.311 e. The third-order valence-corrected chi connectivity index (χ3v) is 6.21. The first kappa shape index (κ1) is 13.6. The lowest BCUT2D eigenvalue weighted by molar-refractivity contribution is 0.132. The number of piperazine rings is 1. The molecule has 2 atom stereocenters.